The summed E-state index contributed by atoms with van der Waals surface area (Å²) in [5, 5.41) is 0. The fraction of sp³-hybridized carbons (Fsp3) is 0.258. The van der Waals surface area contributed by atoms with Crippen molar-refractivity contribution in [2.24, 2.45) is 0 Å². The summed E-state index contributed by atoms with van der Waals surface area (Å²) in [6, 6.07) is 18.5. The highest BCUT2D eigenvalue weighted by molar-refractivity contribution is 6.48. The summed E-state index contributed by atoms with van der Waals surface area (Å²) in [4.78, 5) is 34.7. The van der Waals surface area contributed by atoms with Gasteiger partial charge in [-0.3, -0.25) is 9.59 Å². The number of methoxy groups -OCH3 is 2. The van der Waals surface area contributed by atoms with Crippen molar-refractivity contribution >= 4 is 22.8 Å². The first-order valence-electron chi connectivity index (χ1n) is 12.6. The van der Waals surface area contributed by atoms with Crippen molar-refractivity contribution in [3.8, 4) is 11.6 Å². The van der Waals surface area contributed by atoms with E-state index in [9.17, 15) is 9.59 Å². The van der Waals surface area contributed by atoms with Crippen LogP contribution in [0.3, 0.4) is 0 Å². The number of anilines is 1. The Bertz CT molecular complexity index is 1380. The zero-order valence-corrected chi connectivity index (χ0v) is 21.6. The molecule has 2 heterocycles. The number of aromatic nitrogens is 1. The number of rotatable bonds is 8. The molecule has 0 saturated carbocycles. The minimum Gasteiger partial charge on any atom is -0.491 e. The highest BCUT2D eigenvalue weighted by Crippen LogP contribution is 2.46. The van der Waals surface area contributed by atoms with Crippen LogP contribution in [-0.2, 0) is 14.9 Å². The minimum absolute atomic E-state index is 0.335. The van der Waals surface area contributed by atoms with Crippen molar-refractivity contribution in [3.05, 3.63) is 102 Å². The minimum atomic E-state index is -1.24. The highest BCUT2D eigenvalue weighted by atomic mass is 16.5. The molecular weight excluding hydrogens is 480 g/mol. The number of pyridine rings is 1. The van der Waals surface area contributed by atoms with Crippen molar-refractivity contribution in [1.82, 2.24) is 4.98 Å². The third-order valence-electron chi connectivity index (χ3n) is 7.19. The summed E-state index contributed by atoms with van der Waals surface area (Å²) in [5.74, 6) is -0.236. The number of carbonyl (C=O) groups is 2. The third kappa shape index (κ3) is 4.61. The van der Waals surface area contributed by atoms with Crippen molar-refractivity contribution in [2.45, 2.75) is 11.8 Å². The van der Waals surface area contributed by atoms with E-state index in [0.29, 0.717) is 48.0 Å². The number of carbonyl (C=O) groups excluding carboxylic acids is 2. The van der Waals surface area contributed by atoms with Gasteiger partial charge in [0.1, 0.15) is 0 Å². The van der Waals surface area contributed by atoms with Crippen LogP contribution in [0.25, 0.3) is 5.57 Å². The molecule has 1 unspecified atom stereocenters. The Hall–Kier alpha value is -4.23. The van der Waals surface area contributed by atoms with Crippen LogP contribution < -0.4 is 14.4 Å². The van der Waals surface area contributed by atoms with E-state index in [1.807, 2.05) is 48.6 Å². The van der Waals surface area contributed by atoms with Gasteiger partial charge in [0.2, 0.25) is 11.6 Å². The van der Waals surface area contributed by atoms with Gasteiger partial charge in [-0.25, -0.2) is 4.98 Å². The van der Waals surface area contributed by atoms with Crippen LogP contribution in [0.4, 0.5) is 5.69 Å². The van der Waals surface area contributed by atoms with Crippen LogP contribution in [0, 0.1) is 0 Å². The normalized spacial score (nSPS) is 19.0. The molecule has 38 heavy (non-hydrogen) atoms. The summed E-state index contributed by atoms with van der Waals surface area (Å²) in [5.41, 5.74) is 2.28. The molecule has 1 fully saturated rings. The van der Waals surface area contributed by atoms with E-state index in [-0.39, 0.29) is 0 Å². The molecule has 0 radical (unpaired) electrons. The quantitative estimate of drug-likeness (QED) is 0.322. The Balaban J connectivity index is 1.64. The van der Waals surface area contributed by atoms with E-state index in [0.717, 1.165) is 24.3 Å². The van der Waals surface area contributed by atoms with Gasteiger partial charge in [-0.05, 0) is 35.8 Å². The second kappa shape index (κ2) is 11.0. The summed E-state index contributed by atoms with van der Waals surface area (Å²) in [6.45, 7) is 2.97. The van der Waals surface area contributed by atoms with Gasteiger partial charge < -0.3 is 19.1 Å². The summed E-state index contributed by atoms with van der Waals surface area (Å²) < 4.78 is 16.3. The first-order chi connectivity index (χ1) is 18.6. The first-order valence-corrected chi connectivity index (χ1v) is 12.6. The SMILES string of the molecule is COc1cc(C2=CC=CCC2(C(=O)C(=O)c2ccccc2)c2ccc(N3CCOCC3)cc2)cnc1OC. The number of ketones is 2. The molecule has 1 saturated heterocycles. The van der Waals surface area contributed by atoms with Crippen molar-refractivity contribution in [1.29, 1.82) is 0 Å². The Labute approximate surface area is 222 Å². The van der Waals surface area contributed by atoms with Gasteiger partial charge in [-0.1, -0.05) is 60.7 Å². The predicted molar refractivity (Wildman–Crippen MR) is 146 cm³/mol. The van der Waals surface area contributed by atoms with Crippen LogP contribution in [-0.4, -0.2) is 57.1 Å². The van der Waals surface area contributed by atoms with Crippen LogP contribution in [0.2, 0.25) is 0 Å². The molecule has 0 bridgehead atoms. The van der Waals surface area contributed by atoms with Gasteiger partial charge in [-0.2, -0.15) is 0 Å². The van der Waals surface area contributed by atoms with E-state index in [2.05, 4.69) is 9.88 Å². The van der Waals surface area contributed by atoms with E-state index in [1.165, 1.54) is 7.11 Å². The number of morpholine rings is 1. The fourth-order valence-corrected chi connectivity index (χ4v) is 5.19. The van der Waals surface area contributed by atoms with Gasteiger partial charge in [-0.15, -0.1) is 0 Å². The topological polar surface area (TPSA) is 78.0 Å². The molecule has 3 aromatic rings. The number of nitrogens with zero attached hydrogens (tertiary/aromatic N) is 2. The monoisotopic (exact) mass is 510 g/mol. The van der Waals surface area contributed by atoms with Crippen molar-refractivity contribution in [2.75, 3.05) is 45.4 Å². The molecule has 1 aliphatic heterocycles. The van der Waals surface area contributed by atoms with Crippen LogP contribution in [0.5, 0.6) is 11.6 Å². The molecular formula is C31H30N2O5. The summed E-state index contributed by atoms with van der Waals surface area (Å²) in [7, 11) is 3.07. The van der Waals surface area contributed by atoms with Crippen molar-refractivity contribution < 1.29 is 23.8 Å². The van der Waals surface area contributed by atoms with Gasteiger partial charge in [0.15, 0.2) is 5.75 Å². The molecule has 7 nitrogen and oxygen atoms in total. The maximum absolute atomic E-state index is 14.3. The van der Waals surface area contributed by atoms with E-state index in [4.69, 9.17) is 14.2 Å². The van der Waals surface area contributed by atoms with Crippen LogP contribution in [0.1, 0.15) is 27.9 Å². The molecule has 7 heteroatoms. The van der Waals surface area contributed by atoms with Gasteiger partial charge in [0.25, 0.3) is 5.88 Å². The standard InChI is InChI=1S/C31H30N2O5/c1-36-27-20-23(21-32-30(27)37-2)26-10-6-7-15-31(26,29(35)28(34)22-8-4-3-5-9-22)24-11-13-25(14-12-24)33-16-18-38-19-17-33/h3-14,20-21H,15-19H2,1-2H3. The highest BCUT2D eigenvalue weighted by Gasteiger charge is 2.47. The third-order valence-corrected chi connectivity index (χ3v) is 7.19. The number of benzene rings is 2. The first kappa shape index (κ1) is 25.4. The zero-order valence-electron chi connectivity index (χ0n) is 21.6. The lowest BCUT2D eigenvalue weighted by molar-refractivity contribution is -0.118. The Morgan fingerprint density at radius 2 is 1.71 bits per heavy atom. The number of hydrogen-bond donors (Lipinski definition) is 0. The van der Waals surface area contributed by atoms with E-state index < -0.39 is 17.0 Å². The lowest BCUT2D eigenvalue weighted by Gasteiger charge is -2.37. The average Bonchev–Trinajstić information content (AvgIpc) is 3.00. The van der Waals surface area contributed by atoms with E-state index in [1.54, 1.807) is 43.6 Å². The Kier molecular flexibility index (Phi) is 7.38. The maximum Gasteiger partial charge on any atom is 0.256 e. The lowest BCUT2D eigenvalue weighted by Crippen LogP contribution is -2.42. The molecule has 0 amide bonds. The predicted octanol–water partition coefficient (Wildman–Crippen LogP) is 4.67. The van der Waals surface area contributed by atoms with Crippen LogP contribution in [0.15, 0.2) is 85.1 Å². The zero-order chi connectivity index (χ0) is 26.5. The summed E-state index contributed by atoms with van der Waals surface area (Å²) >= 11 is 0. The smallest absolute Gasteiger partial charge is 0.256 e. The van der Waals surface area contributed by atoms with Gasteiger partial charge >= 0.3 is 0 Å². The number of hydrogen-bond acceptors (Lipinski definition) is 7. The number of ether oxygens (including phenoxy) is 3. The van der Waals surface area contributed by atoms with Gasteiger partial charge in [0, 0.05) is 36.1 Å². The molecule has 2 aromatic carbocycles. The second-order valence-corrected chi connectivity index (χ2v) is 9.22. The molecule has 0 N–H and O–H groups in total. The Morgan fingerprint density at radius 3 is 2.39 bits per heavy atom. The molecule has 0 spiro atoms. The van der Waals surface area contributed by atoms with Crippen LogP contribution >= 0.6 is 0 Å². The molecule has 2 aliphatic rings. The molecule has 1 aromatic heterocycles. The Morgan fingerprint density at radius 1 is 0.974 bits per heavy atom. The number of allylic oxidation sites excluding steroid dienone is 4. The maximum atomic E-state index is 14.3. The summed E-state index contributed by atoms with van der Waals surface area (Å²) in [6.07, 6.45) is 7.72. The molecule has 1 atom stereocenters. The number of Topliss-reactive ketones (excluding diaryl/α,β-unsaturated/α-hetero) is 2. The molecule has 194 valence electrons. The lowest BCUT2D eigenvalue weighted by atomic mass is 9.64. The van der Waals surface area contributed by atoms with Crippen molar-refractivity contribution in [3.63, 3.8) is 0 Å². The fourth-order valence-electron chi connectivity index (χ4n) is 5.19. The second-order valence-electron chi connectivity index (χ2n) is 9.22. The van der Waals surface area contributed by atoms with Gasteiger partial charge in [0.05, 0.1) is 32.8 Å². The molecule has 5 rings (SSSR count). The van der Waals surface area contributed by atoms with E-state index >= 15 is 0 Å². The average molecular weight is 511 g/mol. The largest absolute Gasteiger partial charge is 0.491 e. The molecule has 1 aliphatic carbocycles.